The molecule has 3 heteroatoms. The van der Waals surface area contributed by atoms with Crippen molar-refractivity contribution in [1.29, 1.82) is 0 Å². The highest BCUT2D eigenvalue weighted by molar-refractivity contribution is 5.10. The topological polar surface area (TPSA) is 28.2 Å². The maximum Gasteiger partial charge on any atom is 0.0312 e. The van der Waals surface area contributed by atoms with E-state index in [2.05, 4.69) is 28.2 Å². The Bertz CT molecular complexity index is 378. The lowest BCUT2D eigenvalue weighted by Crippen LogP contribution is -2.48. The molecule has 2 unspecified atom stereocenters. The molecule has 2 atom stereocenters. The highest BCUT2D eigenvalue weighted by Gasteiger charge is 2.40. The fraction of sp³-hybridized carbons (Fsp3) is 0.688. The molecule has 0 amide bonds. The van der Waals surface area contributed by atoms with E-state index >= 15 is 0 Å². The number of nitrogens with zero attached hydrogens (tertiary/aromatic N) is 2. The molecule has 2 bridgehead atoms. The summed E-state index contributed by atoms with van der Waals surface area (Å²) in [6.07, 6.45) is 10.5. The van der Waals surface area contributed by atoms with Gasteiger partial charge in [-0.1, -0.05) is 13.0 Å². The van der Waals surface area contributed by atoms with Gasteiger partial charge in [0.25, 0.3) is 0 Å². The molecule has 3 heterocycles. The van der Waals surface area contributed by atoms with Crippen LogP contribution >= 0.6 is 0 Å². The van der Waals surface area contributed by atoms with Crippen molar-refractivity contribution in [3.63, 3.8) is 0 Å². The molecule has 2 aliphatic rings. The minimum atomic E-state index is 0.752. The van der Waals surface area contributed by atoms with Gasteiger partial charge in [0.05, 0.1) is 0 Å². The Morgan fingerprint density at radius 2 is 2.11 bits per heavy atom. The Balaban J connectivity index is 1.60. The number of fused-ring (bicyclic) bond motifs is 2. The van der Waals surface area contributed by atoms with Crippen molar-refractivity contribution in [3.8, 4) is 0 Å². The Labute approximate surface area is 116 Å². The first-order valence-electron chi connectivity index (χ1n) is 7.75. The number of aromatic nitrogens is 1. The molecule has 2 aliphatic heterocycles. The summed E-state index contributed by atoms with van der Waals surface area (Å²) in [5, 5.41) is 3.72. The zero-order chi connectivity index (χ0) is 13.1. The van der Waals surface area contributed by atoms with E-state index in [1.54, 1.807) is 0 Å². The molecule has 3 nitrogen and oxygen atoms in total. The number of nitrogens with one attached hydrogen (secondary N) is 1. The second kappa shape index (κ2) is 6.02. The largest absolute Gasteiger partial charge is 0.314 e. The Morgan fingerprint density at radius 3 is 2.74 bits per heavy atom. The molecule has 0 aromatic carbocycles. The molecule has 0 spiro atoms. The van der Waals surface area contributed by atoms with Crippen molar-refractivity contribution in [3.05, 3.63) is 30.1 Å². The Morgan fingerprint density at radius 1 is 1.32 bits per heavy atom. The third-order valence-electron chi connectivity index (χ3n) is 4.66. The molecule has 0 saturated carbocycles. The highest BCUT2D eigenvalue weighted by atomic mass is 15.2. The van der Waals surface area contributed by atoms with Crippen molar-refractivity contribution in [2.75, 3.05) is 6.54 Å². The van der Waals surface area contributed by atoms with Gasteiger partial charge in [0.2, 0.25) is 0 Å². The summed E-state index contributed by atoms with van der Waals surface area (Å²) < 4.78 is 0. The van der Waals surface area contributed by atoms with Crippen LogP contribution in [0.1, 0.15) is 44.6 Å². The summed E-state index contributed by atoms with van der Waals surface area (Å²) in [6, 6.07) is 6.57. The zero-order valence-corrected chi connectivity index (χ0v) is 11.9. The van der Waals surface area contributed by atoms with Crippen LogP contribution in [0.4, 0.5) is 0 Å². The first-order valence-corrected chi connectivity index (χ1v) is 7.75. The van der Waals surface area contributed by atoms with Crippen LogP contribution in [-0.4, -0.2) is 34.6 Å². The van der Waals surface area contributed by atoms with E-state index < -0.39 is 0 Å². The maximum absolute atomic E-state index is 4.24. The van der Waals surface area contributed by atoms with Gasteiger partial charge < -0.3 is 5.32 Å². The SMILES string of the molecule is CCCNC1CC2CCC(C1)N2Cc1cccnc1. The molecule has 0 radical (unpaired) electrons. The second-order valence-corrected chi connectivity index (χ2v) is 6.04. The van der Waals surface area contributed by atoms with Gasteiger partial charge in [-0.05, 0) is 50.3 Å². The monoisotopic (exact) mass is 259 g/mol. The van der Waals surface area contributed by atoms with Gasteiger partial charge in [-0.15, -0.1) is 0 Å². The summed E-state index contributed by atoms with van der Waals surface area (Å²) in [5.41, 5.74) is 1.36. The van der Waals surface area contributed by atoms with E-state index in [-0.39, 0.29) is 0 Å². The fourth-order valence-electron chi connectivity index (χ4n) is 3.75. The standard InChI is InChI=1S/C16H25N3/c1-2-7-18-14-9-15-5-6-16(10-14)19(15)12-13-4-3-8-17-11-13/h3-4,8,11,14-16,18H,2,5-7,9-10,12H2,1H3. The average molecular weight is 259 g/mol. The van der Waals surface area contributed by atoms with Crippen LogP contribution in [-0.2, 0) is 6.54 Å². The smallest absolute Gasteiger partial charge is 0.0312 e. The Hall–Kier alpha value is -0.930. The van der Waals surface area contributed by atoms with E-state index in [9.17, 15) is 0 Å². The molecule has 0 aliphatic carbocycles. The van der Waals surface area contributed by atoms with Crippen LogP contribution in [0.15, 0.2) is 24.5 Å². The van der Waals surface area contributed by atoms with Gasteiger partial charge in [0.1, 0.15) is 0 Å². The molecule has 1 aromatic heterocycles. The molecule has 19 heavy (non-hydrogen) atoms. The van der Waals surface area contributed by atoms with Crippen LogP contribution in [0.3, 0.4) is 0 Å². The van der Waals surface area contributed by atoms with E-state index in [0.717, 1.165) is 24.7 Å². The predicted octanol–water partition coefficient (Wildman–Crippen LogP) is 2.58. The van der Waals surface area contributed by atoms with Gasteiger partial charge in [-0.2, -0.15) is 0 Å². The number of piperidine rings is 1. The predicted molar refractivity (Wildman–Crippen MR) is 77.9 cm³/mol. The number of rotatable bonds is 5. The molecule has 104 valence electrons. The van der Waals surface area contributed by atoms with Crippen LogP contribution < -0.4 is 5.32 Å². The molecule has 3 rings (SSSR count). The minimum Gasteiger partial charge on any atom is -0.314 e. The van der Waals surface area contributed by atoms with Crippen LogP contribution in [0.2, 0.25) is 0 Å². The average Bonchev–Trinajstić information content (AvgIpc) is 2.69. The maximum atomic E-state index is 4.24. The first kappa shape index (κ1) is 13.1. The molecular weight excluding hydrogens is 234 g/mol. The number of hydrogen-bond donors (Lipinski definition) is 1. The Kier molecular flexibility index (Phi) is 4.14. The fourth-order valence-corrected chi connectivity index (χ4v) is 3.75. The van der Waals surface area contributed by atoms with Crippen LogP contribution in [0.25, 0.3) is 0 Å². The summed E-state index contributed by atoms with van der Waals surface area (Å²) in [5.74, 6) is 0. The van der Waals surface area contributed by atoms with E-state index in [1.807, 2.05) is 18.5 Å². The van der Waals surface area contributed by atoms with Crippen molar-refractivity contribution < 1.29 is 0 Å². The van der Waals surface area contributed by atoms with E-state index in [0.29, 0.717) is 0 Å². The quantitative estimate of drug-likeness (QED) is 0.881. The molecule has 2 saturated heterocycles. The van der Waals surface area contributed by atoms with E-state index in [4.69, 9.17) is 0 Å². The van der Waals surface area contributed by atoms with Crippen molar-refractivity contribution in [1.82, 2.24) is 15.2 Å². The summed E-state index contributed by atoms with van der Waals surface area (Å²) in [4.78, 5) is 6.96. The second-order valence-electron chi connectivity index (χ2n) is 6.04. The van der Waals surface area contributed by atoms with Gasteiger partial charge in [-0.25, -0.2) is 0 Å². The highest BCUT2D eigenvalue weighted by Crippen LogP contribution is 2.36. The van der Waals surface area contributed by atoms with Gasteiger partial charge in [0, 0.05) is 37.1 Å². The summed E-state index contributed by atoms with van der Waals surface area (Å²) in [6.45, 7) is 4.51. The third-order valence-corrected chi connectivity index (χ3v) is 4.66. The van der Waals surface area contributed by atoms with Crippen molar-refractivity contribution in [2.24, 2.45) is 0 Å². The van der Waals surface area contributed by atoms with E-state index in [1.165, 1.54) is 44.2 Å². The molecule has 2 fully saturated rings. The molecule has 1 aromatic rings. The molecule has 1 N–H and O–H groups in total. The lowest BCUT2D eigenvalue weighted by atomic mass is 9.96. The normalized spacial score (nSPS) is 30.7. The number of pyridine rings is 1. The first-order chi connectivity index (χ1) is 9.36. The molecular formula is C16H25N3. The third kappa shape index (κ3) is 2.98. The summed E-state index contributed by atoms with van der Waals surface area (Å²) in [7, 11) is 0. The van der Waals surface area contributed by atoms with Gasteiger partial charge in [-0.3, -0.25) is 9.88 Å². The van der Waals surface area contributed by atoms with Gasteiger partial charge in [0.15, 0.2) is 0 Å². The lowest BCUT2D eigenvalue weighted by Gasteiger charge is -2.39. The van der Waals surface area contributed by atoms with Crippen molar-refractivity contribution >= 4 is 0 Å². The van der Waals surface area contributed by atoms with Crippen molar-refractivity contribution in [2.45, 2.75) is 63.7 Å². The minimum absolute atomic E-state index is 0.752. The number of hydrogen-bond acceptors (Lipinski definition) is 3. The lowest BCUT2D eigenvalue weighted by molar-refractivity contribution is 0.109. The van der Waals surface area contributed by atoms with Gasteiger partial charge >= 0.3 is 0 Å². The van der Waals surface area contributed by atoms with Crippen LogP contribution in [0.5, 0.6) is 0 Å². The summed E-state index contributed by atoms with van der Waals surface area (Å²) >= 11 is 0. The zero-order valence-electron chi connectivity index (χ0n) is 11.9. The van der Waals surface area contributed by atoms with Crippen LogP contribution in [0, 0.1) is 0 Å².